The highest BCUT2D eigenvalue weighted by atomic mass is 35.5. The molecule has 0 saturated carbocycles. The molecule has 3 N–H and O–H groups in total. The Morgan fingerprint density at radius 2 is 2.38 bits per heavy atom. The Kier molecular flexibility index (Phi) is 3.38. The van der Waals surface area contributed by atoms with Crippen LogP contribution in [0.2, 0.25) is 5.02 Å². The van der Waals surface area contributed by atoms with Gasteiger partial charge < -0.3 is 11.1 Å². The van der Waals surface area contributed by atoms with E-state index in [1.807, 2.05) is 0 Å². The first-order chi connectivity index (χ1) is 7.72. The molecule has 1 amide bonds. The van der Waals surface area contributed by atoms with Crippen molar-refractivity contribution in [3.8, 4) is 0 Å². The Morgan fingerprint density at radius 1 is 1.56 bits per heavy atom. The third kappa shape index (κ3) is 2.16. The number of halogens is 1. The number of carbonyl (C=O) groups excluding carboxylic acids is 1. The molecular weight excluding hydrogens is 246 g/mol. The van der Waals surface area contributed by atoms with Crippen molar-refractivity contribution in [2.75, 3.05) is 13.1 Å². The molecule has 1 heterocycles. The molecule has 0 fully saturated rings. The number of amides is 1. The van der Waals surface area contributed by atoms with E-state index in [1.54, 1.807) is 17.6 Å². The number of hydrogen-bond acceptors (Lipinski definition) is 4. The molecular formula is C10H10ClN3OS. The van der Waals surface area contributed by atoms with E-state index >= 15 is 0 Å². The Bertz CT molecular complexity index is 526. The van der Waals surface area contributed by atoms with Crippen LogP contribution in [0.15, 0.2) is 17.6 Å². The van der Waals surface area contributed by atoms with E-state index in [0.717, 1.165) is 10.2 Å². The van der Waals surface area contributed by atoms with Crippen LogP contribution in [0.3, 0.4) is 0 Å². The molecule has 0 aliphatic carbocycles. The van der Waals surface area contributed by atoms with Crippen molar-refractivity contribution in [2.45, 2.75) is 0 Å². The minimum absolute atomic E-state index is 0.164. The first kappa shape index (κ1) is 11.3. The van der Waals surface area contributed by atoms with Crippen molar-refractivity contribution in [1.29, 1.82) is 0 Å². The second kappa shape index (κ2) is 4.78. The SMILES string of the molecule is NCCNC(=O)c1cc(Cl)c2ncsc2c1. The van der Waals surface area contributed by atoms with Gasteiger partial charge in [0.05, 0.1) is 20.7 Å². The fourth-order valence-corrected chi connectivity index (χ4v) is 2.41. The lowest BCUT2D eigenvalue weighted by atomic mass is 10.2. The van der Waals surface area contributed by atoms with Gasteiger partial charge in [0.1, 0.15) is 0 Å². The van der Waals surface area contributed by atoms with E-state index in [-0.39, 0.29) is 5.91 Å². The normalized spacial score (nSPS) is 10.6. The van der Waals surface area contributed by atoms with Crippen molar-refractivity contribution in [1.82, 2.24) is 10.3 Å². The molecule has 0 spiro atoms. The number of nitrogens with zero attached hydrogens (tertiary/aromatic N) is 1. The number of rotatable bonds is 3. The summed E-state index contributed by atoms with van der Waals surface area (Å²) in [6.07, 6.45) is 0. The second-order valence-electron chi connectivity index (χ2n) is 3.20. The fraction of sp³-hybridized carbons (Fsp3) is 0.200. The number of nitrogens with one attached hydrogen (secondary N) is 1. The average molecular weight is 256 g/mol. The molecule has 0 aliphatic rings. The highest BCUT2D eigenvalue weighted by Gasteiger charge is 2.10. The fourth-order valence-electron chi connectivity index (χ4n) is 1.34. The first-order valence-electron chi connectivity index (χ1n) is 4.73. The van der Waals surface area contributed by atoms with Crippen molar-refractivity contribution in [2.24, 2.45) is 5.73 Å². The van der Waals surface area contributed by atoms with Crippen LogP contribution < -0.4 is 11.1 Å². The molecule has 0 atom stereocenters. The minimum Gasteiger partial charge on any atom is -0.351 e. The van der Waals surface area contributed by atoms with E-state index in [4.69, 9.17) is 17.3 Å². The average Bonchev–Trinajstić information content (AvgIpc) is 2.74. The van der Waals surface area contributed by atoms with E-state index < -0.39 is 0 Å². The monoisotopic (exact) mass is 255 g/mol. The van der Waals surface area contributed by atoms with Crippen molar-refractivity contribution >= 4 is 39.1 Å². The zero-order valence-corrected chi connectivity index (χ0v) is 9.94. The predicted molar refractivity (Wildman–Crippen MR) is 66.0 cm³/mol. The van der Waals surface area contributed by atoms with Crippen molar-refractivity contribution in [3.05, 3.63) is 28.2 Å². The number of nitrogens with two attached hydrogens (primary N) is 1. The van der Waals surface area contributed by atoms with Gasteiger partial charge in [-0.2, -0.15) is 0 Å². The third-order valence-corrected chi connectivity index (χ3v) is 3.15. The number of carbonyl (C=O) groups is 1. The summed E-state index contributed by atoms with van der Waals surface area (Å²) >= 11 is 7.48. The summed E-state index contributed by atoms with van der Waals surface area (Å²) in [6, 6.07) is 3.40. The van der Waals surface area contributed by atoms with E-state index in [1.165, 1.54) is 11.3 Å². The molecule has 2 rings (SSSR count). The number of thiazole rings is 1. The van der Waals surface area contributed by atoms with Gasteiger partial charge in [-0.05, 0) is 12.1 Å². The van der Waals surface area contributed by atoms with Crippen LogP contribution in [0.25, 0.3) is 10.2 Å². The van der Waals surface area contributed by atoms with Crippen molar-refractivity contribution < 1.29 is 4.79 Å². The number of fused-ring (bicyclic) bond motifs is 1. The Hall–Kier alpha value is -1.17. The predicted octanol–water partition coefficient (Wildman–Crippen LogP) is 1.64. The third-order valence-electron chi connectivity index (χ3n) is 2.08. The minimum atomic E-state index is -0.164. The van der Waals surface area contributed by atoms with Crippen LogP contribution in [0.1, 0.15) is 10.4 Å². The van der Waals surface area contributed by atoms with Gasteiger partial charge in [-0.25, -0.2) is 4.98 Å². The maximum absolute atomic E-state index is 11.7. The molecule has 2 aromatic rings. The van der Waals surface area contributed by atoms with E-state index in [0.29, 0.717) is 23.7 Å². The zero-order valence-electron chi connectivity index (χ0n) is 8.37. The van der Waals surface area contributed by atoms with E-state index in [9.17, 15) is 4.79 Å². The molecule has 16 heavy (non-hydrogen) atoms. The van der Waals surface area contributed by atoms with Crippen LogP contribution >= 0.6 is 22.9 Å². The second-order valence-corrected chi connectivity index (χ2v) is 4.50. The van der Waals surface area contributed by atoms with Crippen LogP contribution in [0, 0.1) is 0 Å². The lowest BCUT2D eigenvalue weighted by Crippen LogP contribution is -2.28. The number of benzene rings is 1. The quantitative estimate of drug-likeness (QED) is 0.876. The molecule has 0 saturated heterocycles. The van der Waals surface area contributed by atoms with Gasteiger partial charge in [-0.3, -0.25) is 4.79 Å². The summed E-state index contributed by atoms with van der Waals surface area (Å²) in [6.45, 7) is 0.874. The van der Waals surface area contributed by atoms with Crippen LogP contribution in [0.4, 0.5) is 0 Å². The van der Waals surface area contributed by atoms with Gasteiger partial charge in [0.2, 0.25) is 0 Å². The Morgan fingerprint density at radius 3 is 3.12 bits per heavy atom. The maximum Gasteiger partial charge on any atom is 0.251 e. The maximum atomic E-state index is 11.7. The summed E-state index contributed by atoms with van der Waals surface area (Å²) < 4.78 is 0.908. The molecule has 84 valence electrons. The molecule has 0 radical (unpaired) electrons. The van der Waals surface area contributed by atoms with Gasteiger partial charge in [0.15, 0.2) is 0 Å². The van der Waals surface area contributed by atoms with Gasteiger partial charge >= 0.3 is 0 Å². The molecule has 1 aromatic carbocycles. The van der Waals surface area contributed by atoms with E-state index in [2.05, 4.69) is 10.3 Å². The first-order valence-corrected chi connectivity index (χ1v) is 5.99. The summed E-state index contributed by atoms with van der Waals surface area (Å²) in [4.78, 5) is 15.8. The molecule has 1 aromatic heterocycles. The largest absolute Gasteiger partial charge is 0.351 e. The van der Waals surface area contributed by atoms with Gasteiger partial charge in [0.25, 0.3) is 5.91 Å². The zero-order chi connectivity index (χ0) is 11.5. The molecule has 4 nitrogen and oxygen atoms in total. The number of hydrogen-bond donors (Lipinski definition) is 2. The highest BCUT2D eigenvalue weighted by molar-refractivity contribution is 7.16. The molecule has 0 aliphatic heterocycles. The Balaban J connectivity index is 2.34. The number of aromatic nitrogens is 1. The lowest BCUT2D eigenvalue weighted by molar-refractivity contribution is 0.0955. The van der Waals surface area contributed by atoms with Gasteiger partial charge in [-0.1, -0.05) is 11.6 Å². The Labute approximate surface area is 101 Å². The summed E-state index contributed by atoms with van der Waals surface area (Å²) in [5.41, 5.74) is 8.29. The smallest absolute Gasteiger partial charge is 0.251 e. The highest BCUT2D eigenvalue weighted by Crippen LogP contribution is 2.27. The van der Waals surface area contributed by atoms with Crippen LogP contribution in [-0.4, -0.2) is 24.0 Å². The molecule has 0 bridgehead atoms. The van der Waals surface area contributed by atoms with Gasteiger partial charge in [0, 0.05) is 18.7 Å². The standard InChI is InChI=1S/C10H10ClN3OS/c11-7-3-6(10(15)13-2-1-12)4-8-9(7)14-5-16-8/h3-5H,1-2,12H2,(H,13,15). The summed E-state index contributed by atoms with van der Waals surface area (Å²) in [5, 5.41) is 3.19. The lowest BCUT2D eigenvalue weighted by Gasteiger charge is -2.04. The topological polar surface area (TPSA) is 68.0 Å². The van der Waals surface area contributed by atoms with Gasteiger partial charge in [-0.15, -0.1) is 11.3 Å². The van der Waals surface area contributed by atoms with Crippen molar-refractivity contribution in [3.63, 3.8) is 0 Å². The van der Waals surface area contributed by atoms with Crippen LogP contribution in [0.5, 0.6) is 0 Å². The van der Waals surface area contributed by atoms with Crippen LogP contribution in [-0.2, 0) is 0 Å². The molecule has 0 unspecified atom stereocenters. The summed E-state index contributed by atoms with van der Waals surface area (Å²) in [5.74, 6) is -0.164. The molecule has 6 heteroatoms. The summed E-state index contributed by atoms with van der Waals surface area (Å²) in [7, 11) is 0.